The molecule has 0 unspecified atom stereocenters. The molecule has 0 aliphatic carbocycles. The number of hydrogen-bond acceptors (Lipinski definition) is 2. The van der Waals surface area contributed by atoms with Crippen LogP contribution in [-0.4, -0.2) is 5.91 Å². The van der Waals surface area contributed by atoms with Crippen LogP contribution in [0, 0.1) is 5.82 Å². The zero-order valence-corrected chi connectivity index (χ0v) is 13.0. The van der Waals surface area contributed by atoms with Gasteiger partial charge in [-0.2, -0.15) is 0 Å². The van der Waals surface area contributed by atoms with Crippen LogP contribution in [-0.2, 0) is 11.3 Å². The average molecular weight is 310 g/mol. The Kier molecular flexibility index (Phi) is 4.42. The lowest BCUT2D eigenvalue weighted by atomic mass is 9.96. The molecular formula is C19H19FN2O. The summed E-state index contributed by atoms with van der Waals surface area (Å²) in [5.41, 5.74) is 3.60. The Morgan fingerprint density at radius 1 is 1.22 bits per heavy atom. The predicted octanol–water partition coefficient (Wildman–Crippen LogP) is 3.54. The third kappa shape index (κ3) is 3.26. The van der Waals surface area contributed by atoms with Gasteiger partial charge in [-0.05, 0) is 35.2 Å². The lowest BCUT2D eigenvalue weighted by Gasteiger charge is -2.22. The van der Waals surface area contributed by atoms with Crippen LogP contribution in [0.2, 0.25) is 0 Å². The molecule has 1 amide bonds. The van der Waals surface area contributed by atoms with Crippen LogP contribution in [0.4, 0.5) is 4.39 Å². The van der Waals surface area contributed by atoms with E-state index in [0.717, 1.165) is 29.7 Å². The van der Waals surface area contributed by atoms with Crippen molar-refractivity contribution in [1.82, 2.24) is 10.6 Å². The highest BCUT2D eigenvalue weighted by atomic mass is 19.1. The molecule has 2 aromatic rings. The Morgan fingerprint density at radius 3 is 2.70 bits per heavy atom. The van der Waals surface area contributed by atoms with Gasteiger partial charge in [0.2, 0.25) is 0 Å². The van der Waals surface area contributed by atoms with Crippen LogP contribution in [0.1, 0.15) is 36.1 Å². The average Bonchev–Trinajstić information content (AvgIpc) is 2.60. The fourth-order valence-corrected chi connectivity index (χ4v) is 2.82. The van der Waals surface area contributed by atoms with Gasteiger partial charge >= 0.3 is 0 Å². The summed E-state index contributed by atoms with van der Waals surface area (Å²) in [4.78, 5) is 12.7. The minimum absolute atomic E-state index is 0.124. The Labute approximate surface area is 135 Å². The zero-order valence-electron chi connectivity index (χ0n) is 13.0. The fourth-order valence-electron chi connectivity index (χ4n) is 2.82. The van der Waals surface area contributed by atoms with Crippen molar-refractivity contribution in [2.75, 3.05) is 0 Å². The maximum Gasteiger partial charge on any atom is 0.253 e. The first-order valence-corrected chi connectivity index (χ1v) is 7.77. The number of nitrogens with one attached hydrogen (secondary N) is 2. The van der Waals surface area contributed by atoms with E-state index in [1.807, 2.05) is 31.2 Å². The van der Waals surface area contributed by atoms with E-state index in [1.54, 1.807) is 18.3 Å². The molecule has 1 aliphatic rings. The molecule has 2 aromatic carbocycles. The van der Waals surface area contributed by atoms with E-state index < -0.39 is 0 Å². The number of halogens is 1. The van der Waals surface area contributed by atoms with E-state index in [2.05, 4.69) is 10.6 Å². The molecule has 1 atom stereocenters. The molecular weight excluding hydrogens is 291 g/mol. The van der Waals surface area contributed by atoms with Crippen molar-refractivity contribution in [2.45, 2.75) is 25.9 Å². The maximum atomic E-state index is 13.1. The van der Waals surface area contributed by atoms with Gasteiger partial charge in [-0.25, -0.2) is 4.39 Å². The van der Waals surface area contributed by atoms with Crippen LogP contribution in [0.3, 0.4) is 0 Å². The molecule has 3 nitrogen and oxygen atoms in total. The summed E-state index contributed by atoms with van der Waals surface area (Å²) in [6.07, 6.45) is 2.49. The molecule has 0 saturated heterocycles. The van der Waals surface area contributed by atoms with Crippen LogP contribution < -0.4 is 10.6 Å². The van der Waals surface area contributed by atoms with E-state index in [4.69, 9.17) is 0 Å². The Morgan fingerprint density at radius 2 is 1.96 bits per heavy atom. The summed E-state index contributed by atoms with van der Waals surface area (Å²) in [6, 6.07) is 14.0. The molecule has 4 heteroatoms. The monoisotopic (exact) mass is 310 g/mol. The highest BCUT2D eigenvalue weighted by molar-refractivity contribution is 6.20. The largest absolute Gasteiger partial charge is 0.386 e. The van der Waals surface area contributed by atoms with Gasteiger partial charge in [-0.15, -0.1) is 0 Å². The molecule has 23 heavy (non-hydrogen) atoms. The molecule has 0 fully saturated rings. The van der Waals surface area contributed by atoms with Gasteiger partial charge in [0.1, 0.15) is 5.82 Å². The quantitative estimate of drug-likeness (QED) is 0.907. The molecule has 1 aliphatic heterocycles. The summed E-state index contributed by atoms with van der Waals surface area (Å²) in [7, 11) is 0. The van der Waals surface area contributed by atoms with E-state index in [-0.39, 0.29) is 17.8 Å². The molecule has 0 radical (unpaired) electrons. The van der Waals surface area contributed by atoms with Gasteiger partial charge < -0.3 is 10.6 Å². The minimum atomic E-state index is -0.275. The lowest BCUT2D eigenvalue weighted by molar-refractivity contribution is -0.116. The number of rotatable bonds is 4. The van der Waals surface area contributed by atoms with Crippen LogP contribution >= 0.6 is 0 Å². The number of amides is 1. The second kappa shape index (κ2) is 6.65. The third-order valence-electron chi connectivity index (χ3n) is 4.08. The first kappa shape index (κ1) is 15.3. The SMILES string of the molecule is CC[C@H](NC(=O)C1=CNCc2ccccc21)c1ccc(F)cc1. The number of carbonyl (C=O) groups is 1. The van der Waals surface area contributed by atoms with Crippen molar-refractivity contribution in [3.63, 3.8) is 0 Å². The summed E-state index contributed by atoms with van der Waals surface area (Å²) in [5.74, 6) is -0.399. The van der Waals surface area contributed by atoms with Gasteiger partial charge in [0.05, 0.1) is 11.6 Å². The van der Waals surface area contributed by atoms with E-state index in [0.29, 0.717) is 5.57 Å². The maximum absolute atomic E-state index is 13.1. The summed E-state index contributed by atoms with van der Waals surface area (Å²) < 4.78 is 13.1. The normalized spacial score (nSPS) is 14.3. The van der Waals surface area contributed by atoms with Crippen molar-refractivity contribution < 1.29 is 9.18 Å². The Hall–Kier alpha value is -2.62. The topological polar surface area (TPSA) is 41.1 Å². The van der Waals surface area contributed by atoms with Crippen LogP contribution in [0.25, 0.3) is 5.57 Å². The number of carbonyl (C=O) groups excluding carboxylic acids is 1. The van der Waals surface area contributed by atoms with Gasteiger partial charge in [-0.1, -0.05) is 43.3 Å². The van der Waals surface area contributed by atoms with E-state index in [1.165, 1.54) is 12.1 Å². The third-order valence-corrected chi connectivity index (χ3v) is 4.08. The first-order valence-electron chi connectivity index (χ1n) is 7.77. The van der Waals surface area contributed by atoms with E-state index in [9.17, 15) is 9.18 Å². The van der Waals surface area contributed by atoms with Crippen molar-refractivity contribution >= 4 is 11.5 Å². The molecule has 0 bridgehead atoms. The smallest absolute Gasteiger partial charge is 0.253 e. The van der Waals surface area contributed by atoms with Crippen molar-refractivity contribution in [3.8, 4) is 0 Å². The lowest BCUT2D eigenvalue weighted by Crippen LogP contribution is -2.31. The summed E-state index contributed by atoms with van der Waals surface area (Å²) in [6.45, 7) is 2.72. The highest BCUT2D eigenvalue weighted by Gasteiger charge is 2.21. The number of hydrogen-bond donors (Lipinski definition) is 2. The van der Waals surface area contributed by atoms with Crippen LogP contribution in [0.15, 0.2) is 54.7 Å². The minimum Gasteiger partial charge on any atom is -0.386 e. The zero-order chi connectivity index (χ0) is 16.2. The van der Waals surface area contributed by atoms with E-state index >= 15 is 0 Å². The standard InChI is InChI=1S/C19H19FN2O/c1-2-18(13-7-9-15(20)10-8-13)22-19(23)17-12-21-11-14-5-3-4-6-16(14)17/h3-10,12,18,21H,2,11H2,1H3,(H,22,23)/t18-/m0/s1. The van der Waals surface area contributed by atoms with Crippen LogP contribution in [0.5, 0.6) is 0 Å². The number of fused-ring (bicyclic) bond motifs is 1. The number of benzene rings is 2. The van der Waals surface area contributed by atoms with Crippen molar-refractivity contribution in [1.29, 1.82) is 0 Å². The van der Waals surface area contributed by atoms with Gasteiger partial charge in [0.15, 0.2) is 0 Å². The second-order valence-corrected chi connectivity index (χ2v) is 5.58. The first-order chi connectivity index (χ1) is 11.2. The molecule has 0 saturated carbocycles. The van der Waals surface area contributed by atoms with Gasteiger partial charge in [-0.3, -0.25) is 4.79 Å². The Bertz CT molecular complexity index is 737. The highest BCUT2D eigenvalue weighted by Crippen LogP contribution is 2.24. The summed E-state index contributed by atoms with van der Waals surface area (Å²) >= 11 is 0. The van der Waals surface area contributed by atoms with Crippen molar-refractivity contribution in [2.24, 2.45) is 0 Å². The van der Waals surface area contributed by atoms with Gasteiger partial charge in [0, 0.05) is 12.7 Å². The molecule has 0 spiro atoms. The molecule has 0 aromatic heterocycles. The summed E-state index contributed by atoms with van der Waals surface area (Å²) in [5, 5.41) is 6.18. The fraction of sp³-hybridized carbons (Fsp3) is 0.211. The Balaban J connectivity index is 1.80. The predicted molar refractivity (Wildman–Crippen MR) is 88.8 cm³/mol. The molecule has 3 rings (SSSR count). The van der Waals surface area contributed by atoms with Gasteiger partial charge in [0.25, 0.3) is 5.91 Å². The molecule has 118 valence electrons. The molecule has 1 heterocycles. The molecule has 2 N–H and O–H groups in total. The van der Waals surface area contributed by atoms with Crippen molar-refractivity contribution in [3.05, 3.63) is 77.2 Å². The second-order valence-electron chi connectivity index (χ2n) is 5.58.